The lowest BCUT2D eigenvalue weighted by molar-refractivity contribution is -0.159. The third-order valence-electron chi connectivity index (χ3n) is 8.21. The number of fused-ring (bicyclic) bond motifs is 2. The molecule has 0 radical (unpaired) electrons. The number of hydrogen-bond acceptors (Lipinski definition) is 5. The first-order chi connectivity index (χ1) is 19.5. The third-order valence-corrected chi connectivity index (χ3v) is 8.21. The molecule has 9 heteroatoms. The normalized spacial score (nSPS) is 23.0. The van der Waals surface area contributed by atoms with Gasteiger partial charge in [0, 0.05) is 37.6 Å². The second kappa shape index (κ2) is 11.1. The summed E-state index contributed by atoms with van der Waals surface area (Å²) in [5.74, 6) is -0.217. The molecule has 2 saturated heterocycles. The van der Waals surface area contributed by atoms with Crippen molar-refractivity contribution in [3.05, 3.63) is 90.1 Å². The minimum Gasteiger partial charge on any atom is -0.333 e. The number of pyridine rings is 1. The number of carbonyl (C=O) groups is 3. The number of rotatable bonds is 6. The zero-order valence-corrected chi connectivity index (χ0v) is 22.6. The lowest BCUT2D eigenvalue weighted by Gasteiger charge is -2.47. The van der Waals surface area contributed by atoms with Crippen molar-refractivity contribution in [1.82, 2.24) is 30.1 Å². The molecule has 6 rings (SSSR count). The fourth-order valence-electron chi connectivity index (χ4n) is 6.13. The van der Waals surface area contributed by atoms with Gasteiger partial charge < -0.3 is 15.1 Å². The van der Waals surface area contributed by atoms with Gasteiger partial charge in [-0.15, -0.1) is 0 Å². The van der Waals surface area contributed by atoms with Gasteiger partial charge in [-0.25, -0.2) is 4.79 Å². The molecule has 0 spiro atoms. The van der Waals surface area contributed by atoms with Crippen LogP contribution in [0.25, 0.3) is 10.9 Å². The van der Waals surface area contributed by atoms with Crippen LogP contribution in [0, 0.1) is 5.92 Å². The second-order valence-electron chi connectivity index (χ2n) is 10.8. The summed E-state index contributed by atoms with van der Waals surface area (Å²) < 4.78 is 0. The van der Waals surface area contributed by atoms with E-state index in [9.17, 15) is 14.4 Å². The number of hydrogen-bond donors (Lipinski definition) is 1. The van der Waals surface area contributed by atoms with Crippen LogP contribution in [-0.4, -0.2) is 75.0 Å². The number of urea groups is 1. The summed E-state index contributed by atoms with van der Waals surface area (Å²) in [5, 5.41) is 7.29. The van der Waals surface area contributed by atoms with Gasteiger partial charge in [0.25, 0.3) is 0 Å². The van der Waals surface area contributed by atoms with Gasteiger partial charge >= 0.3 is 6.03 Å². The molecule has 0 bridgehead atoms. The lowest BCUT2D eigenvalue weighted by Crippen LogP contribution is -2.66. The first-order valence-electron chi connectivity index (χ1n) is 13.9. The topological polar surface area (TPSA) is 89.1 Å². The van der Waals surface area contributed by atoms with Gasteiger partial charge in [-0.05, 0) is 42.5 Å². The number of benzene rings is 2. The Morgan fingerprint density at radius 1 is 1.07 bits per heavy atom. The van der Waals surface area contributed by atoms with E-state index in [-0.39, 0.29) is 30.3 Å². The third kappa shape index (κ3) is 5.04. The van der Waals surface area contributed by atoms with Gasteiger partial charge in [-0.1, -0.05) is 60.7 Å². The van der Waals surface area contributed by atoms with E-state index in [0.717, 1.165) is 41.3 Å². The van der Waals surface area contributed by atoms with Gasteiger partial charge in [0.15, 0.2) is 0 Å². The first kappa shape index (κ1) is 26.0. The SMILES string of the molecule is CN(C(=O)NCc1ccccc1)N1CC(=O)N2C1CN(Cc1ccc3cccnc3c1)C(=O)[C@@H]2C1C=CCCC1. The Kier molecular flexibility index (Phi) is 7.21. The molecule has 2 aromatic carbocycles. The van der Waals surface area contributed by atoms with Crippen LogP contribution < -0.4 is 5.32 Å². The highest BCUT2D eigenvalue weighted by molar-refractivity contribution is 5.92. The van der Waals surface area contributed by atoms with Crippen LogP contribution in [0.2, 0.25) is 0 Å². The quantitative estimate of drug-likeness (QED) is 0.485. The van der Waals surface area contributed by atoms with Gasteiger partial charge in [0.05, 0.1) is 18.6 Å². The van der Waals surface area contributed by atoms with Crippen molar-refractivity contribution in [1.29, 1.82) is 0 Å². The average molecular weight is 539 g/mol. The van der Waals surface area contributed by atoms with Crippen molar-refractivity contribution in [2.45, 2.75) is 44.6 Å². The van der Waals surface area contributed by atoms with Crippen LogP contribution in [0.1, 0.15) is 30.4 Å². The molecule has 40 heavy (non-hydrogen) atoms. The molecule has 206 valence electrons. The molecule has 3 aromatic rings. The number of piperazine rings is 1. The van der Waals surface area contributed by atoms with E-state index in [1.54, 1.807) is 23.2 Å². The summed E-state index contributed by atoms with van der Waals surface area (Å²) in [6.07, 6.45) is 8.37. The maximum atomic E-state index is 14.0. The van der Waals surface area contributed by atoms with Crippen LogP contribution in [0.3, 0.4) is 0 Å². The van der Waals surface area contributed by atoms with Crippen LogP contribution in [-0.2, 0) is 22.7 Å². The molecule has 1 aromatic heterocycles. The Morgan fingerprint density at radius 3 is 2.73 bits per heavy atom. The van der Waals surface area contributed by atoms with Gasteiger partial charge in [0.1, 0.15) is 12.2 Å². The molecule has 4 amide bonds. The van der Waals surface area contributed by atoms with Crippen molar-refractivity contribution >= 4 is 28.7 Å². The number of carbonyl (C=O) groups excluding carboxylic acids is 3. The molecule has 3 atom stereocenters. The van der Waals surface area contributed by atoms with E-state index in [4.69, 9.17) is 0 Å². The highest BCUT2D eigenvalue weighted by Crippen LogP contribution is 2.35. The molecule has 3 heterocycles. The molecule has 2 fully saturated rings. The number of aromatic nitrogens is 1. The summed E-state index contributed by atoms with van der Waals surface area (Å²) >= 11 is 0. The van der Waals surface area contributed by atoms with E-state index in [1.807, 2.05) is 65.6 Å². The van der Waals surface area contributed by atoms with E-state index in [1.165, 1.54) is 5.01 Å². The minimum absolute atomic E-state index is 0.0414. The summed E-state index contributed by atoms with van der Waals surface area (Å²) in [5.41, 5.74) is 2.85. The zero-order chi connectivity index (χ0) is 27.6. The summed E-state index contributed by atoms with van der Waals surface area (Å²) in [6.45, 7) is 1.16. The number of nitrogens with one attached hydrogen (secondary N) is 1. The number of allylic oxidation sites excluding steroid dienone is 1. The lowest BCUT2D eigenvalue weighted by atomic mass is 9.86. The van der Waals surface area contributed by atoms with Crippen LogP contribution in [0.15, 0.2) is 79.0 Å². The van der Waals surface area contributed by atoms with E-state index in [0.29, 0.717) is 19.6 Å². The maximum absolute atomic E-state index is 14.0. The average Bonchev–Trinajstić information content (AvgIpc) is 3.32. The predicted molar refractivity (Wildman–Crippen MR) is 151 cm³/mol. The fourth-order valence-corrected chi connectivity index (χ4v) is 6.13. The molecule has 1 aliphatic carbocycles. The molecular formula is C31H34N6O3. The van der Waals surface area contributed by atoms with Crippen molar-refractivity contribution < 1.29 is 14.4 Å². The largest absolute Gasteiger partial charge is 0.333 e. The van der Waals surface area contributed by atoms with E-state index < -0.39 is 12.2 Å². The van der Waals surface area contributed by atoms with E-state index >= 15 is 0 Å². The van der Waals surface area contributed by atoms with Crippen LogP contribution >= 0.6 is 0 Å². The molecule has 9 nitrogen and oxygen atoms in total. The molecule has 1 N–H and O–H groups in total. The highest BCUT2D eigenvalue weighted by atomic mass is 16.2. The molecule has 2 aliphatic heterocycles. The fraction of sp³-hybridized carbons (Fsp3) is 0.355. The Hall–Kier alpha value is -4.24. The second-order valence-corrected chi connectivity index (χ2v) is 10.8. The number of amides is 4. The summed E-state index contributed by atoms with van der Waals surface area (Å²) in [4.78, 5) is 48.7. The van der Waals surface area contributed by atoms with Crippen LogP contribution in [0.4, 0.5) is 4.79 Å². The highest BCUT2D eigenvalue weighted by Gasteiger charge is 2.53. The van der Waals surface area contributed by atoms with Crippen molar-refractivity contribution in [2.75, 3.05) is 20.1 Å². The monoisotopic (exact) mass is 538 g/mol. The number of hydrazine groups is 1. The van der Waals surface area contributed by atoms with Gasteiger partial charge in [-0.3, -0.25) is 19.6 Å². The Morgan fingerprint density at radius 2 is 1.93 bits per heavy atom. The van der Waals surface area contributed by atoms with Gasteiger partial charge in [-0.2, -0.15) is 5.01 Å². The molecular weight excluding hydrogens is 504 g/mol. The minimum atomic E-state index is -0.591. The Balaban J connectivity index is 1.26. The maximum Gasteiger partial charge on any atom is 0.332 e. The summed E-state index contributed by atoms with van der Waals surface area (Å²) in [6, 6.07) is 18.8. The predicted octanol–water partition coefficient (Wildman–Crippen LogP) is 3.53. The Labute approximate surface area is 234 Å². The molecule has 0 saturated carbocycles. The smallest absolute Gasteiger partial charge is 0.332 e. The van der Waals surface area contributed by atoms with Crippen LogP contribution in [0.5, 0.6) is 0 Å². The molecule has 2 unspecified atom stereocenters. The van der Waals surface area contributed by atoms with Crippen molar-refractivity contribution in [2.24, 2.45) is 5.92 Å². The van der Waals surface area contributed by atoms with Crippen molar-refractivity contribution in [3.63, 3.8) is 0 Å². The molecule has 3 aliphatic rings. The van der Waals surface area contributed by atoms with E-state index in [2.05, 4.69) is 22.5 Å². The van der Waals surface area contributed by atoms with Crippen molar-refractivity contribution in [3.8, 4) is 0 Å². The standard InChI is InChI=1S/C31H34N6O3/c1-34(31(40)33-18-22-9-4-2-5-10-22)36-21-28(38)37-27(36)20-35(30(39)29(37)25-11-6-3-7-12-25)19-23-14-15-24-13-8-16-32-26(24)17-23/h2,4-6,8-11,13-17,25,27,29H,3,7,12,18-21H2,1H3,(H,33,40)/t25?,27?,29-/m0/s1. The first-order valence-corrected chi connectivity index (χ1v) is 13.9. The number of nitrogens with zero attached hydrogens (tertiary/aromatic N) is 5. The van der Waals surface area contributed by atoms with Gasteiger partial charge in [0.2, 0.25) is 11.8 Å². The zero-order valence-electron chi connectivity index (χ0n) is 22.6. The summed E-state index contributed by atoms with van der Waals surface area (Å²) in [7, 11) is 1.68. The Bertz CT molecular complexity index is 1440.